The lowest BCUT2D eigenvalue weighted by atomic mass is 9.88. The summed E-state index contributed by atoms with van der Waals surface area (Å²) in [5, 5.41) is 0. The lowest BCUT2D eigenvalue weighted by molar-refractivity contribution is 0.363. The maximum atomic E-state index is 10.4. The molecular weight excluding hydrogens is 343 g/mol. The van der Waals surface area contributed by atoms with Gasteiger partial charge in [0.2, 0.25) is 0 Å². The van der Waals surface area contributed by atoms with Gasteiger partial charge in [0.15, 0.2) is 0 Å². The van der Waals surface area contributed by atoms with Crippen LogP contribution in [0.3, 0.4) is 0 Å². The number of hydrogen-bond donors (Lipinski definition) is 1. The van der Waals surface area contributed by atoms with Gasteiger partial charge in [-0.25, -0.2) is 0 Å². The van der Waals surface area contributed by atoms with E-state index in [0.717, 1.165) is 24.0 Å². The van der Waals surface area contributed by atoms with E-state index in [-0.39, 0.29) is 10.8 Å². The van der Waals surface area contributed by atoms with Crippen LogP contribution in [0.5, 0.6) is 11.5 Å². The number of para-hydroxylation sites is 2. The molecule has 0 fully saturated rings. The Morgan fingerprint density at radius 2 is 1.04 bits per heavy atom. The van der Waals surface area contributed by atoms with E-state index in [2.05, 4.69) is 41.5 Å². The van der Waals surface area contributed by atoms with E-state index in [9.17, 15) is 4.89 Å². The average Bonchev–Trinajstić information content (AvgIpc) is 2.48. The standard InChI is InChI=1S/C22H31O3P/c1-21(2,3)15-17-11-7-9-13-19(17)24-26(23)25-20-14-10-8-12-18(20)16-22(4,5)6/h7-14,23H,15-16H2,1-6H3. The van der Waals surface area contributed by atoms with Crippen LogP contribution in [0.25, 0.3) is 0 Å². The van der Waals surface area contributed by atoms with Gasteiger partial charge in [0, 0.05) is 0 Å². The molecule has 0 atom stereocenters. The first-order valence-electron chi connectivity index (χ1n) is 9.04. The molecule has 26 heavy (non-hydrogen) atoms. The molecule has 0 aliphatic carbocycles. The Hall–Kier alpha value is -1.57. The lowest BCUT2D eigenvalue weighted by Crippen LogP contribution is -2.11. The van der Waals surface area contributed by atoms with E-state index >= 15 is 0 Å². The summed E-state index contributed by atoms with van der Waals surface area (Å²) in [6.45, 7) is 13.1. The smallest absolute Gasteiger partial charge is 0.418 e. The highest BCUT2D eigenvalue weighted by Crippen LogP contribution is 2.41. The third kappa shape index (κ3) is 6.97. The van der Waals surface area contributed by atoms with Gasteiger partial charge in [0.1, 0.15) is 11.5 Å². The summed E-state index contributed by atoms with van der Waals surface area (Å²) in [6, 6.07) is 15.7. The Morgan fingerprint density at radius 3 is 1.38 bits per heavy atom. The fraction of sp³-hybridized carbons (Fsp3) is 0.455. The van der Waals surface area contributed by atoms with E-state index < -0.39 is 8.60 Å². The molecule has 0 aliphatic heterocycles. The van der Waals surface area contributed by atoms with Gasteiger partial charge in [-0.2, -0.15) is 0 Å². The van der Waals surface area contributed by atoms with Gasteiger partial charge in [-0.1, -0.05) is 77.9 Å². The molecule has 0 aromatic heterocycles. The molecule has 2 rings (SSSR count). The highest BCUT2D eigenvalue weighted by Gasteiger charge is 2.20. The first-order chi connectivity index (χ1) is 12.0. The monoisotopic (exact) mass is 374 g/mol. The minimum Gasteiger partial charge on any atom is -0.418 e. The second-order valence-corrected chi connectivity index (χ2v) is 9.95. The minimum absolute atomic E-state index is 0.137. The molecule has 1 N–H and O–H groups in total. The van der Waals surface area contributed by atoms with Crippen molar-refractivity contribution in [3.8, 4) is 11.5 Å². The third-order valence-corrected chi connectivity index (χ3v) is 4.45. The normalized spacial score (nSPS) is 12.3. The van der Waals surface area contributed by atoms with Crippen molar-refractivity contribution in [2.75, 3.05) is 0 Å². The summed E-state index contributed by atoms with van der Waals surface area (Å²) < 4.78 is 11.6. The molecule has 0 aliphatic rings. The van der Waals surface area contributed by atoms with Crippen LogP contribution in [0.1, 0.15) is 52.7 Å². The largest absolute Gasteiger partial charge is 0.460 e. The summed E-state index contributed by atoms with van der Waals surface area (Å²) in [7, 11) is -2.05. The number of hydrogen-bond acceptors (Lipinski definition) is 3. The SMILES string of the molecule is CC(C)(C)Cc1ccccc1OP(O)Oc1ccccc1CC(C)(C)C. The van der Waals surface area contributed by atoms with Gasteiger partial charge in [-0.15, -0.1) is 0 Å². The minimum atomic E-state index is -2.05. The van der Waals surface area contributed by atoms with Crippen molar-refractivity contribution in [3.05, 3.63) is 59.7 Å². The maximum absolute atomic E-state index is 10.4. The van der Waals surface area contributed by atoms with Gasteiger partial charge in [-0.3, -0.25) is 0 Å². The van der Waals surface area contributed by atoms with Crippen molar-refractivity contribution < 1.29 is 13.9 Å². The summed E-state index contributed by atoms with van der Waals surface area (Å²) >= 11 is 0. The molecule has 0 radical (unpaired) electrons. The predicted molar refractivity (Wildman–Crippen MR) is 110 cm³/mol. The predicted octanol–water partition coefficient (Wildman–Crippen LogP) is 6.54. The first kappa shape index (κ1) is 20.7. The third-order valence-electron chi connectivity index (χ3n) is 3.74. The van der Waals surface area contributed by atoms with Crippen molar-refractivity contribution in [2.24, 2.45) is 10.8 Å². The van der Waals surface area contributed by atoms with Gasteiger partial charge >= 0.3 is 8.60 Å². The fourth-order valence-corrected chi connectivity index (χ4v) is 3.54. The molecule has 0 unspecified atom stereocenters. The van der Waals surface area contributed by atoms with Crippen LogP contribution >= 0.6 is 8.60 Å². The quantitative estimate of drug-likeness (QED) is 0.583. The zero-order valence-electron chi connectivity index (χ0n) is 16.7. The van der Waals surface area contributed by atoms with Crippen LogP contribution in [0.2, 0.25) is 0 Å². The molecule has 0 saturated carbocycles. The molecular formula is C22H31O3P. The van der Waals surface area contributed by atoms with E-state index in [1.165, 1.54) is 0 Å². The summed E-state index contributed by atoms with van der Waals surface area (Å²) in [5.41, 5.74) is 2.43. The molecule has 2 aromatic carbocycles. The van der Waals surface area contributed by atoms with E-state index in [1.807, 2.05) is 48.5 Å². The zero-order chi connectivity index (χ0) is 19.4. The zero-order valence-corrected chi connectivity index (χ0v) is 17.6. The van der Waals surface area contributed by atoms with Crippen molar-refractivity contribution in [2.45, 2.75) is 54.4 Å². The van der Waals surface area contributed by atoms with Crippen LogP contribution in [0, 0.1) is 10.8 Å². The molecule has 3 nitrogen and oxygen atoms in total. The van der Waals surface area contributed by atoms with E-state index in [0.29, 0.717) is 11.5 Å². The highest BCUT2D eigenvalue weighted by molar-refractivity contribution is 7.41. The highest BCUT2D eigenvalue weighted by atomic mass is 31.2. The van der Waals surface area contributed by atoms with Crippen molar-refractivity contribution in [1.82, 2.24) is 0 Å². The van der Waals surface area contributed by atoms with E-state index in [1.54, 1.807) is 0 Å². The van der Waals surface area contributed by atoms with Gasteiger partial charge in [-0.05, 0) is 46.9 Å². The van der Waals surface area contributed by atoms with Crippen LogP contribution < -0.4 is 9.05 Å². The molecule has 0 spiro atoms. The summed E-state index contributed by atoms with van der Waals surface area (Å²) in [6.07, 6.45) is 1.74. The second-order valence-electron chi connectivity index (χ2n) is 9.11. The Bertz CT molecular complexity index is 652. The summed E-state index contributed by atoms with van der Waals surface area (Å²) in [4.78, 5) is 10.4. The van der Waals surface area contributed by atoms with Crippen LogP contribution in [0.4, 0.5) is 0 Å². The molecule has 4 heteroatoms. The van der Waals surface area contributed by atoms with Crippen molar-refractivity contribution >= 4 is 8.60 Å². The first-order valence-corrected chi connectivity index (χ1v) is 10.2. The lowest BCUT2D eigenvalue weighted by Gasteiger charge is -2.23. The van der Waals surface area contributed by atoms with Gasteiger partial charge < -0.3 is 13.9 Å². The Labute approximate surface area is 159 Å². The fourth-order valence-electron chi connectivity index (χ4n) is 2.81. The van der Waals surface area contributed by atoms with Crippen molar-refractivity contribution in [1.29, 1.82) is 0 Å². The van der Waals surface area contributed by atoms with E-state index in [4.69, 9.17) is 9.05 Å². The van der Waals surface area contributed by atoms with Crippen LogP contribution in [0.15, 0.2) is 48.5 Å². The van der Waals surface area contributed by atoms with Crippen LogP contribution in [-0.4, -0.2) is 4.89 Å². The maximum Gasteiger partial charge on any atom is 0.460 e. The van der Waals surface area contributed by atoms with Crippen molar-refractivity contribution in [3.63, 3.8) is 0 Å². The average molecular weight is 374 g/mol. The molecule has 0 heterocycles. The molecule has 0 bridgehead atoms. The Kier molecular flexibility index (Phi) is 6.71. The molecule has 0 amide bonds. The van der Waals surface area contributed by atoms with Gasteiger partial charge in [0.25, 0.3) is 0 Å². The Balaban J connectivity index is 2.12. The summed E-state index contributed by atoms with van der Waals surface area (Å²) in [5.74, 6) is 1.37. The molecule has 0 saturated heterocycles. The molecule has 142 valence electrons. The Morgan fingerprint density at radius 1 is 0.692 bits per heavy atom. The number of rotatable bonds is 6. The van der Waals surface area contributed by atoms with Crippen LogP contribution in [-0.2, 0) is 12.8 Å². The number of benzene rings is 2. The second kappa shape index (κ2) is 8.41. The van der Waals surface area contributed by atoms with Gasteiger partial charge in [0.05, 0.1) is 0 Å². The topological polar surface area (TPSA) is 38.7 Å². The molecule has 2 aromatic rings.